The van der Waals surface area contributed by atoms with E-state index in [1.807, 2.05) is 52.0 Å². The number of nitrogens with two attached hydrogens (primary N) is 1. The van der Waals surface area contributed by atoms with Crippen LogP contribution in [0.5, 0.6) is 5.75 Å². The number of hydrogen-bond acceptors (Lipinski definition) is 5. The molecule has 0 unspecified atom stereocenters. The molecule has 2 aromatic rings. The highest BCUT2D eigenvalue weighted by atomic mass is 32.2. The molecule has 5 heteroatoms. The minimum Gasteiger partial charge on any atom is -0.489 e. The Hall–Kier alpha value is -1.75. The topological polar surface area (TPSA) is 61.0 Å². The third-order valence-corrected chi connectivity index (χ3v) is 3.49. The van der Waals surface area contributed by atoms with Crippen molar-refractivity contribution in [3.63, 3.8) is 0 Å². The van der Waals surface area contributed by atoms with Gasteiger partial charge in [-0.1, -0.05) is 6.07 Å². The Bertz CT molecular complexity index is 594. The van der Waals surface area contributed by atoms with Gasteiger partial charge in [0, 0.05) is 16.3 Å². The Kier molecular flexibility index (Phi) is 4.49. The predicted molar refractivity (Wildman–Crippen MR) is 82.2 cm³/mol. The van der Waals surface area contributed by atoms with E-state index in [9.17, 15) is 0 Å². The van der Waals surface area contributed by atoms with Crippen LogP contribution in [0.2, 0.25) is 0 Å². The second kappa shape index (κ2) is 6.13. The first kappa shape index (κ1) is 14.7. The second-order valence-corrected chi connectivity index (χ2v) is 5.88. The molecule has 20 heavy (non-hydrogen) atoms. The zero-order chi connectivity index (χ0) is 14.7. The lowest BCUT2D eigenvalue weighted by molar-refractivity contribution is 0.243. The van der Waals surface area contributed by atoms with Crippen LogP contribution in [0.3, 0.4) is 0 Å². The number of aryl methyl sites for hydroxylation is 2. The number of para-hydroxylation sites is 1. The Morgan fingerprint density at radius 2 is 1.80 bits per heavy atom. The van der Waals surface area contributed by atoms with Gasteiger partial charge in [-0.25, -0.2) is 9.97 Å². The summed E-state index contributed by atoms with van der Waals surface area (Å²) in [6.45, 7) is 7.87. The van der Waals surface area contributed by atoms with Gasteiger partial charge in [-0.2, -0.15) is 0 Å². The van der Waals surface area contributed by atoms with Crippen molar-refractivity contribution in [2.75, 3.05) is 5.73 Å². The largest absolute Gasteiger partial charge is 0.489 e. The van der Waals surface area contributed by atoms with Crippen molar-refractivity contribution in [2.45, 2.75) is 43.9 Å². The summed E-state index contributed by atoms with van der Waals surface area (Å²) in [5.74, 6) is 0.703. The van der Waals surface area contributed by atoms with Crippen LogP contribution in [0, 0.1) is 13.8 Å². The Morgan fingerprint density at radius 1 is 1.15 bits per heavy atom. The molecule has 0 fully saturated rings. The molecular formula is C15H19N3OS. The number of aromatic nitrogens is 2. The molecule has 0 amide bonds. The van der Waals surface area contributed by atoms with E-state index < -0.39 is 0 Å². The van der Waals surface area contributed by atoms with Gasteiger partial charge in [0.05, 0.1) is 11.8 Å². The molecule has 2 N–H and O–H groups in total. The van der Waals surface area contributed by atoms with Crippen LogP contribution in [0.15, 0.2) is 34.3 Å². The SMILES string of the molecule is Cc1cc(C)nc(Sc2cccc(OC(C)C)c2N)n1. The fourth-order valence-electron chi connectivity index (χ4n) is 1.81. The van der Waals surface area contributed by atoms with E-state index in [-0.39, 0.29) is 6.10 Å². The lowest BCUT2D eigenvalue weighted by Crippen LogP contribution is -2.07. The van der Waals surface area contributed by atoms with Gasteiger partial charge in [0.25, 0.3) is 0 Å². The monoisotopic (exact) mass is 289 g/mol. The highest BCUT2D eigenvalue weighted by Crippen LogP contribution is 2.36. The summed E-state index contributed by atoms with van der Waals surface area (Å²) in [6, 6.07) is 7.71. The summed E-state index contributed by atoms with van der Waals surface area (Å²) in [5, 5.41) is 0.705. The van der Waals surface area contributed by atoms with Crippen LogP contribution < -0.4 is 10.5 Å². The average molecular weight is 289 g/mol. The summed E-state index contributed by atoms with van der Waals surface area (Å²) in [6.07, 6.45) is 0.0926. The molecule has 1 aromatic carbocycles. The number of hydrogen-bond donors (Lipinski definition) is 1. The van der Waals surface area contributed by atoms with E-state index >= 15 is 0 Å². The number of ether oxygens (including phenoxy) is 1. The average Bonchev–Trinajstić information content (AvgIpc) is 2.32. The van der Waals surface area contributed by atoms with Gasteiger partial charge in [-0.05, 0) is 57.7 Å². The van der Waals surface area contributed by atoms with Crippen molar-refractivity contribution < 1.29 is 4.74 Å². The van der Waals surface area contributed by atoms with E-state index in [4.69, 9.17) is 10.5 Å². The molecule has 0 bridgehead atoms. The summed E-state index contributed by atoms with van der Waals surface area (Å²) in [4.78, 5) is 9.74. The van der Waals surface area contributed by atoms with E-state index in [1.165, 1.54) is 11.8 Å². The summed E-state index contributed by atoms with van der Waals surface area (Å²) >= 11 is 1.46. The van der Waals surface area contributed by atoms with Crippen molar-refractivity contribution in [1.82, 2.24) is 9.97 Å². The smallest absolute Gasteiger partial charge is 0.192 e. The number of anilines is 1. The van der Waals surface area contributed by atoms with Gasteiger partial charge >= 0.3 is 0 Å². The Balaban J connectivity index is 2.29. The van der Waals surface area contributed by atoms with Crippen molar-refractivity contribution in [3.05, 3.63) is 35.7 Å². The first-order chi connectivity index (χ1) is 9.45. The van der Waals surface area contributed by atoms with Crippen LogP contribution in [0.25, 0.3) is 0 Å². The first-order valence-corrected chi connectivity index (χ1v) is 7.32. The maximum Gasteiger partial charge on any atom is 0.192 e. The number of rotatable bonds is 4. The summed E-state index contributed by atoms with van der Waals surface area (Å²) in [5.41, 5.74) is 8.69. The van der Waals surface area contributed by atoms with Crippen LogP contribution in [0.1, 0.15) is 25.2 Å². The van der Waals surface area contributed by atoms with Crippen molar-refractivity contribution in [1.29, 1.82) is 0 Å². The fraction of sp³-hybridized carbons (Fsp3) is 0.333. The van der Waals surface area contributed by atoms with Crippen molar-refractivity contribution >= 4 is 17.4 Å². The van der Waals surface area contributed by atoms with Crippen LogP contribution in [-0.2, 0) is 0 Å². The second-order valence-electron chi connectivity index (χ2n) is 4.87. The fourth-order valence-corrected chi connectivity index (χ4v) is 2.74. The van der Waals surface area contributed by atoms with Crippen molar-refractivity contribution in [3.8, 4) is 5.75 Å². The highest BCUT2D eigenvalue weighted by molar-refractivity contribution is 7.99. The molecule has 1 heterocycles. The van der Waals surface area contributed by atoms with Gasteiger partial charge in [-0.15, -0.1) is 0 Å². The minimum absolute atomic E-state index is 0.0926. The molecular weight excluding hydrogens is 270 g/mol. The third kappa shape index (κ3) is 3.63. The van der Waals surface area contributed by atoms with E-state index in [0.717, 1.165) is 16.3 Å². The number of nitrogen functional groups attached to an aromatic ring is 1. The van der Waals surface area contributed by atoms with Crippen LogP contribution in [-0.4, -0.2) is 16.1 Å². The van der Waals surface area contributed by atoms with Crippen LogP contribution >= 0.6 is 11.8 Å². The summed E-state index contributed by atoms with van der Waals surface area (Å²) < 4.78 is 5.69. The Morgan fingerprint density at radius 3 is 2.40 bits per heavy atom. The lowest BCUT2D eigenvalue weighted by atomic mass is 10.3. The third-order valence-electron chi connectivity index (χ3n) is 2.55. The van der Waals surface area contributed by atoms with Gasteiger partial charge in [0.1, 0.15) is 5.75 Å². The number of nitrogens with zero attached hydrogens (tertiary/aromatic N) is 2. The zero-order valence-corrected chi connectivity index (χ0v) is 13.0. The molecule has 2 rings (SSSR count). The molecule has 4 nitrogen and oxygen atoms in total. The molecule has 0 aliphatic rings. The van der Waals surface area contributed by atoms with Crippen LogP contribution in [0.4, 0.5) is 5.69 Å². The normalized spacial score (nSPS) is 10.8. The summed E-state index contributed by atoms with van der Waals surface area (Å²) in [7, 11) is 0. The van der Waals surface area contributed by atoms with Gasteiger partial charge in [-0.3, -0.25) is 0 Å². The molecule has 106 valence electrons. The molecule has 0 saturated heterocycles. The standard InChI is InChI=1S/C15H19N3OS/c1-9(2)19-12-6-5-7-13(14(12)16)20-15-17-10(3)8-11(4)18-15/h5-9H,16H2,1-4H3. The molecule has 0 spiro atoms. The maximum atomic E-state index is 6.15. The van der Waals surface area contributed by atoms with Gasteiger partial charge < -0.3 is 10.5 Å². The molecule has 1 aromatic heterocycles. The van der Waals surface area contributed by atoms with E-state index in [0.29, 0.717) is 16.6 Å². The van der Waals surface area contributed by atoms with Gasteiger partial charge in [0.2, 0.25) is 0 Å². The highest BCUT2D eigenvalue weighted by Gasteiger charge is 2.10. The predicted octanol–water partition coefficient (Wildman–Crippen LogP) is 3.61. The zero-order valence-electron chi connectivity index (χ0n) is 12.2. The van der Waals surface area contributed by atoms with Gasteiger partial charge in [0.15, 0.2) is 5.16 Å². The molecule has 0 atom stereocenters. The lowest BCUT2D eigenvalue weighted by Gasteiger charge is -2.14. The first-order valence-electron chi connectivity index (χ1n) is 6.51. The Labute approximate surface area is 123 Å². The maximum absolute atomic E-state index is 6.15. The minimum atomic E-state index is 0.0926. The van der Waals surface area contributed by atoms with E-state index in [2.05, 4.69) is 9.97 Å². The number of benzene rings is 1. The molecule has 0 radical (unpaired) electrons. The quantitative estimate of drug-likeness (QED) is 0.688. The molecule has 0 aliphatic carbocycles. The van der Waals surface area contributed by atoms with Crippen molar-refractivity contribution in [2.24, 2.45) is 0 Å². The molecule has 0 saturated carbocycles. The molecule has 0 aliphatic heterocycles. The van der Waals surface area contributed by atoms with E-state index in [1.54, 1.807) is 0 Å².